The summed E-state index contributed by atoms with van der Waals surface area (Å²) in [7, 11) is 0. The monoisotopic (exact) mass is 451 g/mol. The van der Waals surface area contributed by atoms with Crippen molar-refractivity contribution >= 4 is 33.9 Å². The number of halogens is 1. The summed E-state index contributed by atoms with van der Waals surface area (Å²) in [5, 5.41) is 6.71. The predicted molar refractivity (Wildman–Crippen MR) is 121 cm³/mol. The molecule has 29 heavy (non-hydrogen) atoms. The van der Waals surface area contributed by atoms with Crippen LogP contribution in [0.2, 0.25) is 0 Å². The number of carbonyl (C=O) groups is 1. The largest absolute Gasteiger partial charge is 0.489 e. The van der Waals surface area contributed by atoms with E-state index in [9.17, 15) is 4.79 Å². The molecule has 0 spiro atoms. The lowest BCUT2D eigenvalue weighted by Gasteiger charge is -2.07. The van der Waals surface area contributed by atoms with Gasteiger partial charge in [-0.1, -0.05) is 45.8 Å². The maximum Gasteiger partial charge on any atom is 0.339 e. The number of urea groups is 1. The lowest BCUT2D eigenvalue weighted by Crippen LogP contribution is -2.24. The first-order chi connectivity index (χ1) is 14.0. The van der Waals surface area contributed by atoms with Gasteiger partial charge < -0.3 is 10.1 Å². The van der Waals surface area contributed by atoms with Crippen LogP contribution in [0.3, 0.4) is 0 Å². The molecule has 0 aliphatic rings. The van der Waals surface area contributed by atoms with Crippen molar-refractivity contribution in [1.82, 2.24) is 5.43 Å². The number of nitrogens with one attached hydrogen (secondary N) is 2. The number of aryl methyl sites for hydroxylation is 2. The number of hydrogen-bond acceptors (Lipinski definition) is 3. The van der Waals surface area contributed by atoms with Crippen molar-refractivity contribution in [2.75, 3.05) is 5.32 Å². The van der Waals surface area contributed by atoms with Crippen molar-refractivity contribution in [3.05, 3.63) is 93.5 Å². The summed E-state index contributed by atoms with van der Waals surface area (Å²) in [5.74, 6) is 0.777. The molecule has 3 aromatic rings. The van der Waals surface area contributed by atoms with E-state index in [2.05, 4.69) is 63.0 Å². The third-order valence-electron chi connectivity index (χ3n) is 4.20. The minimum absolute atomic E-state index is 0.402. The van der Waals surface area contributed by atoms with Crippen LogP contribution in [0.4, 0.5) is 10.5 Å². The van der Waals surface area contributed by atoms with Crippen molar-refractivity contribution in [1.29, 1.82) is 0 Å². The van der Waals surface area contributed by atoms with Gasteiger partial charge in [-0.05, 0) is 73.0 Å². The topological polar surface area (TPSA) is 62.7 Å². The van der Waals surface area contributed by atoms with Crippen LogP contribution in [-0.4, -0.2) is 12.2 Å². The minimum atomic E-state index is -0.402. The van der Waals surface area contributed by atoms with Crippen LogP contribution in [0.15, 0.2) is 76.3 Å². The Morgan fingerprint density at radius 2 is 1.76 bits per heavy atom. The first-order valence-corrected chi connectivity index (χ1v) is 9.93. The molecule has 0 fully saturated rings. The molecule has 0 atom stereocenters. The molecule has 0 radical (unpaired) electrons. The van der Waals surface area contributed by atoms with E-state index in [0.717, 1.165) is 26.9 Å². The van der Waals surface area contributed by atoms with Crippen LogP contribution in [0.25, 0.3) is 0 Å². The van der Waals surface area contributed by atoms with Gasteiger partial charge in [-0.3, -0.25) is 0 Å². The summed E-state index contributed by atoms with van der Waals surface area (Å²) in [6.45, 7) is 4.54. The molecule has 6 heteroatoms. The molecule has 3 aromatic carbocycles. The number of carbonyl (C=O) groups excluding carboxylic acids is 1. The average molecular weight is 452 g/mol. The molecule has 0 aromatic heterocycles. The number of hydrogen-bond donors (Lipinski definition) is 2. The Hall–Kier alpha value is -3.12. The summed E-state index contributed by atoms with van der Waals surface area (Å²) in [5.41, 5.74) is 7.40. The minimum Gasteiger partial charge on any atom is -0.489 e. The van der Waals surface area contributed by atoms with Gasteiger partial charge >= 0.3 is 6.03 Å². The van der Waals surface area contributed by atoms with E-state index >= 15 is 0 Å². The van der Waals surface area contributed by atoms with Gasteiger partial charge in [-0.2, -0.15) is 5.10 Å². The fraction of sp³-hybridized carbons (Fsp3) is 0.130. The highest BCUT2D eigenvalue weighted by Gasteiger charge is 2.02. The van der Waals surface area contributed by atoms with E-state index in [1.54, 1.807) is 6.21 Å². The number of nitrogens with zero attached hydrogens (tertiary/aromatic N) is 1. The first kappa shape index (κ1) is 20.6. The maximum atomic E-state index is 11.9. The molecule has 0 aliphatic carbocycles. The van der Waals surface area contributed by atoms with Gasteiger partial charge in [0, 0.05) is 10.2 Å². The van der Waals surface area contributed by atoms with E-state index in [-0.39, 0.29) is 0 Å². The average Bonchev–Trinajstić information content (AvgIpc) is 2.71. The molecule has 0 saturated carbocycles. The zero-order valence-corrected chi connectivity index (χ0v) is 17.9. The Labute approximate surface area is 178 Å². The number of amides is 2. The molecular weight excluding hydrogens is 430 g/mol. The Kier molecular flexibility index (Phi) is 7.03. The summed E-state index contributed by atoms with van der Waals surface area (Å²) >= 11 is 3.43. The molecule has 2 amide bonds. The second-order valence-electron chi connectivity index (χ2n) is 6.63. The highest BCUT2D eigenvalue weighted by molar-refractivity contribution is 9.10. The third kappa shape index (κ3) is 6.47. The SMILES string of the molecule is Cc1ccc(COc2ccc(/C=N/NC(=O)Nc3ccc(Br)c(C)c3)cc2)cc1. The summed E-state index contributed by atoms with van der Waals surface area (Å²) in [6.07, 6.45) is 1.58. The van der Waals surface area contributed by atoms with Crippen LogP contribution in [0, 0.1) is 13.8 Å². The van der Waals surface area contributed by atoms with Crippen LogP contribution >= 0.6 is 15.9 Å². The van der Waals surface area contributed by atoms with E-state index in [1.807, 2.05) is 49.4 Å². The summed E-state index contributed by atoms with van der Waals surface area (Å²) in [6, 6.07) is 20.9. The Morgan fingerprint density at radius 1 is 1.03 bits per heavy atom. The standard InChI is InChI=1S/C23H22BrN3O2/c1-16-3-5-19(6-4-16)15-29-21-10-7-18(8-11-21)14-25-27-23(28)26-20-9-12-22(24)17(2)13-20/h3-14H,15H2,1-2H3,(H2,26,27,28)/b25-14+. The van der Waals surface area contributed by atoms with Crippen LogP contribution in [0.1, 0.15) is 22.3 Å². The molecule has 5 nitrogen and oxygen atoms in total. The number of hydrazone groups is 1. The van der Waals surface area contributed by atoms with Gasteiger partial charge in [0.15, 0.2) is 0 Å². The lowest BCUT2D eigenvalue weighted by atomic mass is 10.2. The van der Waals surface area contributed by atoms with Crippen LogP contribution in [0.5, 0.6) is 5.75 Å². The van der Waals surface area contributed by atoms with Gasteiger partial charge in [0.2, 0.25) is 0 Å². The van der Waals surface area contributed by atoms with Crippen molar-refractivity contribution in [3.63, 3.8) is 0 Å². The van der Waals surface area contributed by atoms with Gasteiger partial charge in [-0.15, -0.1) is 0 Å². The first-order valence-electron chi connectivity index (χ1n) is 9.14. The van der Waals surface area contributed by atoms with Crippen molar-refractivity contribution in [2.45, 2.75) is 20.5 Å². The maximum absolute atomic E-state index is 11.9. The normalized spacial score (nSPS) is 10.7. The van der Waals surface area contributed by atoms with Gasteiger partial charge in [0.25, 0.3) is 0 Å². The number of anilines is 1. The number of rotatable bonds is 6. The second kappa shape index (κ2) is 9.89. The van der Waals surface area contributed by atoms with Gasteiger partial charge in [0.05, 0.1) is 6.21 Å². The number of benzene rings is 3. The quantitative estimate of drug-likeness (QED) is 0.367. The molecular formula is C23H22BrN3O2. The lowest BCUT2D eigenvalue weighted by molar-refractivity contribution is 0.252. The molecule has 3 rings (SSSR count). The Balaban J connectivity index is 1.47. The predicted octanol–water partition coefficient (Wildman–Crippen LogP) is 5.80. The fourth-order valence-electron chi connectivity index (χ4n) is 2.55. The number of ether oxygens (including phenoxy) is 1. The van der Waals surface area contributed by atoms with Crippen LogP contribution in [-0.2, 0) is 6.61 Å². The zero-order chi connectivity index (χ0) is 20.6. The smallest absolute Gasteiger partial charge is 0.339 e. The van der Waals surface area contributed by atoms with E-state index in [4.69, 9.17) is 4.74 Å². The highest BCUT2D eigenvalue weighted by atomic mass is 79.9. The molecule has 0 saturated heterocycles. The van der Waals surface area contributed by atoms with E-state index in [0.29, 0.717) is 12.3 Å². The molecule has 0 aliphatic heterocycles. The van der Waals surface area contributed by atoms with Crippen LogP contribution < -0.4 is 15.5 Å². The second-order valence-corrected chi connectivity index (χ2v) is 7.49. The molecule has 0 bridgehead atoms. The van der Waals surface area contributed by atoms with Crippen molar-refractivity contribution in [3.8, 4) is 5.75 Å². The Bertz CT molecular complexity index is 1000. The fourth-order valence-corrected chi connectivity index (χ4v) is 2.79. The molecule has 0 unspecified atom stereocenters. The van der Waals surface area contributed by atoms with Gasteiger partial charge in [0.1, 0.15) is 12.4 Å². The van der Waals surface area contributed by atoms with Gasteiger partial charge in [-0.25, -0.2) is 10.2 Å². The van der Waals surface area contributed by atoms with E-state index < -0.39 is 6.03 Å². The van der Waals surface area contributed by atoms with Crippen molar-refractivity contribution in [2.24, 2.45) is 5.10 Å². The molecule has 2 N–H and O–H groups in total. The van der Waals surface area contributed by atoms with E-state index in [1.165, 1.54) is 5.56 Å². The summed E-state index contributed by atoms with van der Waals surface area (Å²) < 4.78 is 6.78. The highest BCUT2D eigenvalue weighted by Crippen LogP contribution is 2.20. The molecule has 148 valence electrons. The van der Waals surface area contributed by atoms with Crippen molar-refractivity contribution < 1.29 is 9.53 Å². The summed E-state index contributed by atoms with van der Waals surface area (Å²) in [4.78, 5) is 11.9. The Morgan fingerprint density at radius 3 is 2.45 bits per heavy atom. The molecule has 0 heterocycles. The zero-order valence-electron chi connectivity index (χ0n) is 16.3. The third-order valence-corrected chi connectivity index (χ3v) is 5.09.